The molecule has 0 amide bonds. The largest absolute Gasteiger partial charge is 0.504 e. The van der Waals surface area contributed by atoms with Gasteiger partial charge in [-0.3, -0.25) is 4.79 Å². The van der Waals surface area contributed by atoms with E-state index in [0.29, 0.717) is 12.2 Å². The van der Waals surface area contributed by atoms with Gasteiger partial charge in [0.25, 0.3) is 0 Å². The fourth-order valence-electron chi connectivity index (χ4n) is 4.21. The number of anilines is 1. The first kappa shape index (κ1) is 22.1. The molecule has 1 aliphatic rings. The number of carboxylic acid groups (broad SMARTS) is 1. The van der Waals surface area contributed by atoms with Crippen molar-refractivity contribution >= 4 is 23.1 Å². The lowest BCUT2D eigenvalue weighted by Crippen LogP contribution is -2.31. The van der Waals surface area contributed by atoms with Gasteiger partial charge in [-0.15, -0.1) is 11.3 Å². The first-order valence-electron chi connectivity index (χ1n) is 10.9. The van der Waals surface area contributed by atoms with Crippen LogP contribution in [0, 0.1) is 5.92 Å². The number of nitrogens with one attached hydrogen (secondary N) is 1. The number of carbonyl (C=O) groups is 1. The van der Waals surface area contributed by atoms with E-state index in [-0.39, 0.29) is 17.7 Å². The molecule has 1 saturated carbocycles. The van der Waals surface area contributed by atoms with E-state index in [1.54, 1.807) is 23.5 Å². The van der Waals surface area contributed by atoms with Crippen LogP contribution < -0.4 is 10.1 Å². The average Bonchev–Trinajstić information content (AvgIpc) is 3.29. The fourth-order valence-corrected chi connectivity index (χ4v) is 5.14. The Kier molecular flexibility index (Phi) is 6.65. The highest BCUT2D eigenvalue weighted by molar-refractivity contribution is 7.15. The van der Waals surface area contributed by atoms with E-state index in [2.05, 4.69) is 24.4 Å². The molecule has 3 N–H and O–H groups in total. The number of methoxy groups -OCH3 is 1. The second-order valence-electron chi connectivity index (χ2n) is 8.18. The van der Waals surface area contributed by atoms with Crippen molar-refractivity contribution in [2.75, 3.05) is 12.4 Å². The molecular weight excluding hydrogens is 424 g/mol. The molecule has 0 radical (unpaired) electrons. The zero-order chi connectivity index (χ0) is 22.7. The van der Waals surface area contributed by atoms with Gasteiger partial charge in [-0.05, 0) is 73.7 Å². The molecule has 1 fully saturated rings. The number of hydrogen-bond donors (Lipinski definition) is 3. The van der Waals surface area contributed by atoms with Gasteiger partial charge in [0.05, 0.1) is 18.7 Å². The summed E-state index contributed by atoms with van der Waals surface area (Å²) in [5, 5.41) is 22.9. The minimum atomic E-state index is -0.722. The van der Waals surface area contributed by atoms with Crippen LogP contribution in [0.25, 0.3) is 21.7 Å². The SMILES string of the molecule is CCc1ccc(-c2cc(NC3CCCC(C(=O)O)C3)nc(-c3ccc(O)c(OC)c3)c2)s1. The van der Waals surface area contributed by atoms with Crippen LogP contribution in [0.5, 0.6) is 11.5 Å². The first-order chi connectivity index (χ1) is 15.5. The predicted octanol–water partition coefficient (Wildman–Crippen LogP) is 5.81. The summed E-state index contributed by atoms with van der Waals surface area (Å²) in [4.78, 5) is 18.8. The second kappa shape index (κ2) is 9.61. The lowest BCUT2D eigenvalue weighted by molar-refractivity contribution is -0.142. The Bertz CT molecular complexity index is 1110. The molecule has 0 saturated heterocycles. The Morgan fingerprint density at radius 1 is 1.19 bits per heavy atom. The number of rotatable bonds is 7. The molecule has 168 valence electrons. The van der Waals surface area contributed by atoms with Crippen LogP contribution in [0.3, 0.4) is 0 Å². The Balaban J connectivity index is 1.71. The van der Waals surface area contributed by atoms with Crippen molar-refractivity contribution < 1.29 is 19.7 Å². The minimum absolute atomic E-state index is 0.0735. The van der Waals surface area contributed by atoms with Gasteiger partial charge >= 0.3 is 5.97 Å². The quantitative estimate of drug-likeness (QED) is 0.419. The summed E-state index contributed by atoms with van der Waals surface area (Å²) < 4.78 is 5.28. The van der Waals surface area contributed by atoms with E-state index in [4.69, 9.17) is 9.72 Å². The third kappa shape index (κ3) is 4.88. The van der Waals surface area contributed by atoms with Crippen molar-refractivity contribution in [3.05, 3.63) is 47.3 Å². The van der Waals surface area contributed by atoms with Gasteiger partial charge in [-0.1, -0.05) is 13.3 Å². The predicted molar refractivity (Wildman–Crippen MR) is 128 cm³/mol. The lowest BCUT2D eigenvalue weighted by Gasteiger charge is -2.28. The van der Waals surface area contributed by atoms with E-state index in [1.807, 2.05) is 18.2 Å². The lowest BCUT2D eigenvalue weighted by atomic mass is 9.86. The third-order valence-corrected chi connectivity index (χ3v) is 7.25. The molecule has 6 nitrogen and oxygen atoms in total. The number of phenolic OH excluding ortho intramolecular Hbond substituents is 1. The molecule has 2 unspecified atom stereocenters. The molecule has 0 spiro atoms. The van der Waals surface area contributed by atoms with Crippen molar-refractivity contribution in [3.8, 4) is 33.2 Å². The molecule has 1 aromatic carbocycles. The van der Waals surface area contributed by atoms with Crippen molar-refractivity contribution in [2.45, 2.75) is 45.1 Å². The molecule has 2 aromatic heterocycles. The summed E-state index contributed by atoms with van der Waals surface area (Å²) >= 11 is 1.76. The molecular formula is C25H28N2O4S. The molecule has 2 atom stereocenters. The molecule has 4 rings (SSSR count). The van der Waals surface area contributed by atoms with E-state index in [0.717, 1.165) is 53.2 Å². The smallest absolute Gasteiger partial charge is 0.306 e. The number of aryl methyl sites for hydroxylation is 1. The number of hydrogen-bond acceptors (Lipinski definition) is 6. The molecule has 32 heavy (non-hydrogen) atoms. The Morgan fingerprint density at radius 2 is 2.03 bits per heavy atom. The molecule has 0 bridgehead atoms. The van der Waals surface area contributed by atoms with E-state index < -0.39 is 5.97 Å². The Hall–Kier alpha value is -3.06. The zero-order valence-corrected chi connectivity index (χ0v) is 19.1. The topological polar surface area (TPSA) is 91.7 Å². The first-order valence-corrected chi connectivity index (χ1v) is 11.8. The van der Waals surface area contributed by atoms with Crippen molar-refractivity contribution in [2.24, 2.45) is 5.92 Å². The Morgan fingerprint density at radius 3 is 2.75 bits per heavy atom. The number of aliphatic carboxylic acids is 1. The molecule has 7 heteroatoms. The third-order valence-electron chi connectivity index (χ3n) is 5.97. The van der Waals surface area contributed by atoms with Crippen molar-refractivity contribution in [1.29, 1.82) is 0 Å². The summed E-state index contributed by atoms with van der Waals surface area (Å²) in [6, 6.07) is 13.6. The number of carboxylic acids is 1. The number of nitrogens with zero attached hydrogens (tertiary/aromatic N) is 1. The highest BCUT2D eigenvalue weighted by atomic mass is 32.1. The van der Waals surface area contributed by atoms with Gasteiger partial charge < -0.3 is 20.3 Å². The van der Waals surface area contributed by atoms with Crippen LogP contribution in [0.1, 0.15) is 37.5 Å². The summed E-state index contributed by atoms with van der Waals surface area (Å²) in [7, 11) is 1.52. The van der Waals surface area contributed by atoms with Crippen LogP contribution in [-0.2, 0) is 11.2 Å². The van der Waals surface area contributed by atoms with E-state index in [1.165, 1.54) is 12.0 Å². The van der Waals surface area contributed by atoms with E-state index >= 15 is 0 Å². The summed E-state index contributed by atoms with van der Waals surface area (Å²) in [6.07, 6.45) is 4.14. The number of aromatic hydroxyl groups is 1. The number of thiophene rings is 1. The molecule has 0 aliphatic heterocycles. The highest BCUT2D eigenvalue weighted by Gasteiger charge is 2.27. The van der Waals surface area contributed by atoms with Crippen molar-refractivity contribution in [1.82, 2.24) is 4.98 Å². The van der Waals surface area contributed by atoms with Gasteiger partial charge in [0.1, 0.15) is 5.82 Å². The van der Waals surface area contributed by atoms with Gasteiger partial charge in [0, 0.05) is 21.4 Å². The maximum Gasteiger partial charge on any atom is 0.306 e. The number of pyridine rings is 1. The van der Waals surface area contributed by atoms with Gasteiger partial charge in [0.2, 0.25) is 0 Å². The normalized spacial score (nSPS) is 18.3. The zero-order valence-electron chi connectivity index (χ0n) is 18.3. The summed E-state index contributed by atoms with van der Waals surface area (Å²) in [6.45, 7) is 2.14. The number of aromatic nitrogens is 1. The van der Waals surface area contributed by atoms with Crippen LogP contribution in [0.4, 0.5) is 5.82 Å². The van der Waals surface area contributed by atoms with Crippen LogP contribution in [-0.4, -0.2) is 34.3 Å². The maximum atomic E-state index is 11.5. The van der Waals surface area contributed by atoms with Gasteiger partial charge in [-0.2, -0.15) is 0 Å². The minimum Gasteiger partial charge on any atom is -0.504 e. The number of ether oxygens (including phenoxy) is 1. The van der Waals surface area contributed by atoms with E-state index in [9.17, 15) is 15.0 Å². The van der Waals surface area contributed by atoms with Crippen LogP contribution >= 0.6 is 11.3 Å². The maximum absolute atomic E-state index is 11.5. The second-order valence-corrected chi connectivity index (χ2v) is 9.34. The molecule has 1 aliphatic carbocycles. The summed E-state index contributed by atoms with van der Waals surface area (Å²) in [5.41, 5.74) is 2.66. The molecule has 3 aromatic rings. The fraction of sp³-hybridized carbons (Fsp3) is 0.360. The number of benzene rings is 1. The van der Waals surface area contributed by atoms with Crippen molar-refractivity contribution in [3.63, 3.8) is 0 Å². The highest BCUT2D eigenvalue weighted by Crippen LogP contribution is 2.36. The standard InChI is InChI=1S/C25H28N2O4S/c1-3-19-8-10-23(32-19)17-12-20(15-7-9-21(28)22(13-15)31-2)27-24(14-17)26-18-6-4-5-16(11-18)25(29)30/h7-10,12-14,16,18,28H,3-6,11H2,1-2H3,(H,26,27)(H,29,30). The van der Waals surface area contributed by atoms with Gasteiger partial charge in [-0.25, -0.2) is 4.98 Å². The molecule has 2 heterocycles. The number of phenols is 1. The average molecular weight is 453 g/mol. The van der Waals surface area contributed by atoms with Gasteiger partial charge in [0.15, 0.2) is 11.5 Å². The monoisotopic (exact) mass is 452 g/mol. The Labute approximate surface area is 191 Å². The van der Waals surface area contributed by atoms with Crippen LogP contribution in [0.15, 0.2) is 42.5 Å². The summed E-state index contributed by atoms with van der Waals surface area (Å²) in [5.74, 6) is 0.172. The van der Waals surface area contributed by atoms with Crippen LogP contribution in [0.2, 0.25) is 0 Å².